The second-order valence-corrected chi connectivity index (χ2v) is 2.57. The van der Waals surface area contributed by atoms with Crippen LogP contribution in [0.3, 0.4) is 0 Å². The molecule has 0 radical (unpaired) electrons. The van der Waals surface area contributed by atoms with Crippen LogP contribution >= 0.6 is 25.6 Å². The first kappa shape index (κ1) is 8.93. The van der Waals surface area contributed by atoms with Gasteiger partial charge in [0.1, 0.15) is 0 Å². The van der Waals surface area contributed by atoms with Crippen LogP contribution < -0.4 is 0 Å². The van der Waals surface area contributed by atoms with Gasteiger partial charge in [0.25, 0.3) is 0 Å². The number of thiol groups is 2. The topological polar surface area (TPSA) is 32.8 Å². The molecule has 6 heteroatoms. The monoisotopic (exact) mass is 168 g/mol. The molecule has 0 rings (SSSR count). The van der Waals surface area contributed by atoms with Gasteiger partial charge in [0.15, 0.2) is 0 Å². The Labute approximate surface area is 64.8 Å². The molecule has 0 atom stereocenters. The zero-order valence-electron chi connectivity index (χ0n) is 5.11. The third-order valence-electron chi connectivity index (χ3n) is 0.424. The average molecular weight is 168 g/mol. The van der Waals surface area contributed by atoms with Crippen molar-refractivity contribution in [1.29, 1.82) is 0 Å². The minimum absolute atomic E-state index is 0.633. The Hall–Kier alpha value is -0.0700. The van der Waals surface area contributed by atoms with Gasteiger partial charge in [-0.15, -0.1) is 5.06 Å². The number of carbonyl (C=O) groups is 1. The Morgan fingerprint density at radius 2 is 1.89 bits per heavy atom. The van der Waals surface area contributed by atoms with Crippen LogP contribution in [0.5, 0.6) is 0 Å². The highest BCUT2D eigenvalue weighted by molar-refractivity contribution is 7.94. The van der Waals surface area contributed by atoms with Crippen molar-refractivity contribution < 1.29 is 9.63 Å². The Balaban J connectivity index is 3.51. The summed E-state index contributed by atoms with van der Waals surface area (Å²) in [6.07, 6.45) is -0.633. The smallest absolute Gasteiger partial charge is 0.350 e. The summed E-state index contributed by atoms with van der Waals surface area (Å²) in [7, 11) is 3.17. The van der Waals surface area contributed by atoms with Crippen molar-refractivity contribution >= 4 is 31.7 Å². The molecular weight excluding hydrogens is 160 g/mol. The normalized spacial score (nSPS) is 9.44. The number of rotatable bonds is 1. The van der Waals surface area contributed by atoms with Gasteiger partial charge in [-0.3, -0.25) is 0 Å². The molecule has 0 heterocycles. The quantitative estimate of drug-likeness (QED) is 0.444. The van der Waals surface area contributed by atoms with E-state index in [2.05, 4.69) is 30.5 Å². The zero-order chi connectivity index (χ0) is 7.44. The van der Waals surface area contributed by atoms with Crippen molar-refractivity contribution in [3.05, 3.63) is 0 Å². The largest absolute Gasteiger partial charge is 0.449 e. The van der Waals surface area contributed by atoms with Crippen LogP contribution in [0, 0.1) is 0 Å². The van der Waals surface area contributed by atoms with Gasteiger partial charge < -0.3 is 4.84 Å². The summed E-state index contributed by atoms with van der Waals surface area (Å²) in [4.78, 5) is 14.9. The van der Waals surface area contributed by atoms with Crippen LogP contribution in [0.15, 0.2) is 0 Å². The second-order valence-electron chi connectivity index (χ2n) is 1.46. The number of amides is 1. The highest BCUT2D eigenvalue weighted by Crippen LogP contribution is 2.00. The first-order valence-electron chi connectivity index (χ1n) is 2.11. The predicted octanol–water partition coefficient (Wildman–Crippen LogP) is 0.591. The third-order valence-corrected chi connectivity index (χ3v) is 0.751. The average Bonchev–Trinajstić information content (AvgIpc) is 1.63. The van der Waals surface area contributed by atoms with Gasteiger partial charge in [-0.05, 0) is 25.6 Å². The SMILES string of the molecule is CN(C)OC(=O)N(S)S. The number of carbonyl (C=O) groups excluding carboxylic acids is 1. The van der Waals surface area contributed by atoms with Crippen LogP contribution in [-0.4, -0.2) is 29.0 Å². The lowest BCUT2D eigenvalue weighted by molar-refractivity contribution is -0.0570. The maximum Gasteiger partial charge on any atom is 0.449 e. The molecule has 1 amide bonds. The minimum atomic E-state index is -0.633. The van der Waals surface area contributed by atoms with Crippen molar-refractivity contribution in [3.63, 3.8) is 0 Å². The van der Waals surface area contributed by atoms with Gasteiger partial charge >= 0.3 is 6.09 Å². The molecule has 0 saturated carbocycles. The maximum atomic E-state index is 10.5. The number of nitrogens with zero attached hydrogens (tertiary/aromatic N) is 2. The Morgan fingerprint density at radius 1 is 1.44 bits per heavy atom. The van der Waals surface area contributed by atoms with Crippen LogP contribution in [-0.2, 0) is 4.84 Å². The molecule has 4 nitrogen and oxygen atoms in total. The van der Waals surface area contributed by atoms with Gasteiger partial charge in [0.2, 0.25) is 0 Å². The number of hydrogen-bond donors (Lipinski definition) is 2. The minimum Gasteiger partial charge on any atom is -0.350 e. The van der Waals surface area contributed by atoms with E-state index in [0.717, 1.165) is 3.71 Å². The fraction of sp³-hybridized carbons (Fsp3) is 0.667. The molecule has 0 bridgehead atoms. The van der Waals surface area contributed by atoms with Gasteiger partial charge in [-0.2, -0.15) is 3.71 Å². The summed E-state index contributed by atoms with van der Waals surface area (Å²) in [5, 5.41) is 1.25. The lowest BCUT2D eigenvalue weighted by Crippen LogP contribution is -2.22. The molecule has 0 N–H and O–H groups in total. The molecule has 0 aliphatic rings. The predicted molar refractivity (Wildman–Crippen MR) is 40.0 cm³/mol. The van der Waals surface area contributed by atoms with Crippen LogP contribution in [0.2, 0.25) is 0 Å². The van der Waals surface area contributed by atoms with E-state index in [1.54, 1.807) is 14.1 Å². The first-order chi connectivity index (χ1) is 4.04. The molecule has 0 fully saturated rings. The van der Waals surface area contributed by atoms with E-state index in [9.17, 15) is 4.79 Å². The molecule has 9 heavy (non-hydrogen) atoms. The van der Waals surface area contributed by atoms with Gasteiger partial charge in [0.05, 0.1) is 0 Å². The van der Waals surface area contributed by atoms with Crippen molar-refractivity contribution in [3.8, 4) is 0 Å². The van der Waals surface area contributed by atoms with Crippen molar-refractivity contribution in [2.45, 2.75) is 0 Å². The van der Waals surface area contributed by atoms with Crippen molar-refractivity contribution in [2.75, 3.05) is 14.1 Å². The lowest BCUT2D eigenvalue weighted by Gasteiger charge is -2.11. The van der Waals surface area contributed by atoms with E-state index in [-0.39, 0.29) is 0 Å². The summed E-state index contributed by atoms with van der Waals surface area (Å²) in [6.45, 7) is 0. The second kappa shape index (κ2) is 3.86. The molecule has 0 aromatic carbocycles. The van der Waals surface area contributed by atoms with Crippen molar-refractivity contribution in [2.24, 2.45) is 0 Å². The molecule has 54 valence electrons. The lowest BCUT2D eigenvalue weighted by atomic mass is 11.2. The maximum absolute atomic E-state index is 10.5. The van der Waals surface area contributed by atoms with Gasteiger partial charge in [-0.25, -0.2) is 4.79 Å². The molecule has 0 saturated heterocycles. The fourth-order valence-electron chi connectivity index (χ4n) is 0.193. The van der Waals surface area contributed by atoms with E-state index in [1.807, 2.05) is 0 Å². The summed E-state index contributed by atoms with van der Waals surface area (Å²) in [5.41, 5.74) is 0. The Morgan fingerprint density at radius 3 is 2.00 bits per heavy atom. The molecule has 0 aromatic rings. The third kappa shape index (κ3) is 4.43. The molecule has 0 aliphatic carbocycles. The molecule has 0 aromatic heterocycles. The zero-order valence-corrected chi connectivity index (χ0v) is 6.89. The van der Waals surface area contributed by atoms with Crippen molar-refractivity contribution in [1.82, 2.24) is 8.77 Å². The summed E-state index contributed by atoms with van der Waals surface area (Å²) in [5.74, 6) is 0. The van der Waals surface area contributed by atoms with E-state index in [4.69, 9.17) is 0 Å². The van der Waals surface area contributed by atoms with E-state index >= 15 is 0 Å². The molecule has 0 aliphatic heterocycles. The Kier molecular flexibility index (Phi) is 3.83. The molecular formula is C3H8N2O2S2. The number of hydrogen-bond acceptors (Lipinski definition) is 5. The summed E-state index contributed by atoms with van der Waals surface area (Å²) < 4.78 is 0.750. The van der Waals surface area contributed by atoms with Gasteiger partial charge in [0, 0.05) is 14.1 Å². The molecule has 0 spiro atoms. The molecule has 0 unspecified atom stereocenters. The standard InChI is InChI=1S/C3H8N2O2S2/c1-4(2)7-3(6)5(8)9/h8-9H,1-2H3. The van der Waals surface area contributed by atoms with E-state index in [1.165, 1.54) is 5.06 Å². The van der Waals surface area contributed by atoms with Crippen LogP contribution in [0.4, 0.5) is 4.79 Å². The fourth-order valence-corrected chi connectivity index (χ4v) is 0.266. The summed E-state index contributed by atoms with van der Waals surface area (Å²) in [6, 6.07) is 0. The van der Waals surface area contributed by atoms with Gasteiger partial charge in [-0.1, -0.05) is 0 Å². The summed E-state index contributed by atoms with van der Waals surface area (Å²) >= 11 is 7.13. The van der Waals surface area contributed by atoms with Crippen LogP contribution in [0.1, 0.15) is 0 Å². The van der Waals surface area contributed by atoms with E-state index in [0.29, 0.717) is 0 Å². The van der Waals surface area contributed by atoms with E-state index < -0.39 is 6.09 Å². The Bertz CT molecular complexity index is 106. The highest BCUT2D eigenvalue weighted by Gasteiger charge is 2.06. The number of hydroxylamine groups is 2. The highest BCUT2D eigenvalue weighted by atomic mass is 32.2. The van der Waals surface area contributed by atoms with Crippen LogP contribution in [0.25, 0.3) is 0 Å². The first-order valence-corrected chi connectivity index (χ1v) is 2.91.